The molecule has 0 aromatic heterocycles. The largest absolute Gasteiger partial charge is 0.391 e. The SMILES string of the molecule is CC1CCN(C(=O)C2CCCC(C(F)(F)F)C2)C(CN)C1.Cl. The predicted octanol–water partition coefficient (Wildman–Crippen LogP) is 3.36. The Morgan fingerprint density at radius 3 is 2.50 bits per heavy atom. The van der Waals surface area contributed by atoms with Crippen LogP contribution >= 0.6 is 12.4 Å². The first-order valence-electron chi connectivity index (χ1n) is 7.90. The molecule has 22 heavy (non-hydrogen) atoms. The van der Waals surface area contributed by atoms with Gasteiger partial charge in [0.15, 0.2) is 0 Å². The molecular weight excluding hydrogens is 317 g/mol. The van der Waals surface area contributed by atoms with Crippen LogP contribution in [0.4, 0.5) is 13.2 Å². The first-order chi connectivity index (χ1) is 9.82. The Balaban J connectivity index is 0.00000242. The maximum absolute atomic E-state index is 12.9. The summed E-state index contributed by atoms with van der Waals surface area (Å²) in [6, 6.07) is -0.00693. The first kappa shape index (κ1) is 19.6. The van der Waals surface area contributed by atoms with Gasteiger partial charge in [-0.15, -0.1) is 12.4 Å². The fourth-order valence-electron chi connectivity index (χ4n) is 3.71. The third kappa shape index (κ3) is 4.51. The van der Waals surface area contributed by atoms with E-state index in [1.54, 1.807) is 4.90 Å². The zero-order chi connectivity index (χ0) is 15.6. The van der Waals surface area contributed by atoms with Gasteiger partial charge >= 0.3 is 6.18 Å². The third-order valence-corrected chi connectivity index (χ3v) is 5.02. The fraction of sp³-hybridized carbons (Fsp3) is 0.933. The van der Waals surface area contributed by atoms with E-state index in [0.29, 0.717) is 31.8 Å². The summed E-state index contributed by atoms with van der Waals surface area (Å²) in [4.78, 5) is 14.4. The molecule has 1 aliphatic heterocycles. The lowest BCUT2D eigenvalue weighted by Crippen LogP contribution is -2.52. The van der Waals surface area contributed by atoms with E-state index in [9.17, 15) is 18.0 Å². The molecule has 0 spiro atoms. The monoisotopic (exact) mass is 342 g/mol. The lowest BCUT2D eigenvalue weighted by molar-refractivity contribution is -0.187. The van der Waals surface area contributed by atoms with Crippen molar-refractivity contribution in [3.63, 3.8) is 0 Å². The molecule has 0 radical (unpaired) electrons. The van der Waals surface area contributed by atoms with Crippen molar-refractivity contribution >= 4 is 18.3 Å². The number of carbonyl (C=O) groups excluding carboxylic acids is 1. The summed E-state index contributed by atoms with van der Waals surface area (Å²) >= 11 is 0. The second kappa shape index (κ2) is 7.86. The van der Waals surface area contributed by atoms with Gasteiger partial charge in [-0.2, -0.15) is 13.2 Å². The molecule has 2 N–H and O–H groups in total. The average molecular weight is 343 g/mol. The van der Waals surface area contributed by atoms with E-state index in [4.69, 9.17) is 5.73 Å². The molecular formula is C15H26ClF3N2O. The zero-order valence-corrected chi connectivity index (χ0v) is 13.8. The lowest BCUT2D eigenvalue weighted by Gasteiger charge is -2.41. The molecule has 3 nitrogen and oxygen atoms in total. The summed E-state index contributed by atoms with van der Waals surface area (Å²) in [5.74, 6) is -1.38. The third-order valence-electron chi connectivity index (χ3n) is 5.02. The Morgan fingerprint density at radius 2 is 1.91 bits per heavy atom. The van der Waals surface area contributed by atoms with Crippen molar-refractivity contribution in [3.05, 3.63) is 0 Å². The van der Waals surface area contributed by atoms with Crippen molar-refractivity contribution in [1.82, 2.24) is 4.90 Å². The van der Waals surface area contributed by atoms with Gasteiger partial charge < -0.3 is 10.6 Å². The number of rotatable bonds is 2. The predicted molar refractivity (Wildman–Crippen MR) is 81.7 cm³/mol. The zero-order valence-electron chi connectivity index (χ0n) is 12.9. The number of piperidine rings is 1. The van der Waals surface area contributed by atoms with Gasteiger partial charge in [0.1, 0.15) is 0 Å². The summed E-state index contributed by atoms with van der Waals surface area (Å²) in [5, 5.41) is 0. The van der Waals surface area contributed by atoms with Crippen LogP contribution in [0.25, 0.3) is 0 Å². The van der Waals surface area contributed by atoms with Gasteiger partial charge in [0.2, 0.25) is 5.91 Å². The number of halogens is 4. The highest BCUT2D eigenvalue weighted by Crippen LogP contribution is 2.41. The number of carbonyl (C=O) groups is 1. The molecule has 2 aliphatic rings. The van der Waals surface area contributed by atoms with Crippen LogP contribution in [-0.2, 0) is 4.79 Å². The highest BCUT2D eigenvalue weighted by Gasteiger charge is 2.45. The number of likely N-dealkylation sites (tertiary alicyclic amines) is 1. The van der Waals surface area contributed by atoms with Crippen molar-refractivity contribution < 1.29 is 18.0 Å². The maximum atomic E-state index is 12.9. The smallest absolute Gasteiger partial charge is 0.338 e. The van der Waals surface area contributed by atoms with Crippen LogP contribution in [0.2, 0.25) is 0 Å². The van der Waals surface area contributed by atoms with Crippen LogP contribution in [-0.4, -0.2) is 36.1 Å². The van der Waals surface area contributed by atoms with Crippen LogP contribution in [0.15, 0.2) is 0 Å². The number of amides is 1. The second-order valence-electron chi connectivity index (χ2n) is 6.65. The molecule has 1 saturated heterocycles. The molecule has 4 unspecified atom stereocenters. The fourth-order valence-corrected chi connectivity index (χ4v) is 3.71. The lowest BCUT2D eigenvalue weighted by atomic mass is 9.79. The normalized spacial score (nSPS) is 33.2. The van der Waals surface area contributed by atoms with Gasteiger partial charge in [-0.25, -0.2) is 0 Å². The van der Waals surface area contributed by atoms with E-state index in [1.165, 1.54) is 0 Å². The Morgan fingerprint density at radius 1 is 1.23 bits per heavy atom. The van der Waals surface area contributed by atoms with Gasteiger partial charge in [0.25, 0.3) is 0 Å². The Hall–Kier alpha value is -0.490. The highest BCUT2D eigenvalue weighted by atomic mass is 35.5. The molecule has 2 fully saturated rings. The molecule has 2 rings (SSSR count). The molecule has 1 saturated carbocycles. The van der Waals surface area contributed by atoms with Crippen molar-refractivity contribution in [2.45, 2.75) is 57.7 Å². The standard InChI is InChI=1S/C15H25F3N2O.ClH/c1-10-5-6-20(13(7-10)9-19)14(21)11-3-2-4-12(8-11)15(16,17)18;/h10-13H,2-9,19H2,1H3;1H. The van der Waals surface area contributed by atoms with Crippen LogP contribution in [0.1, 0.15) is 45.4 Å². The minimum Gasteiger partial charge on any atom is -0.338 e. The van der Waals surface area contributed by atoms with Gasteiger partial charge in [-0.3, -0.25) is 4.79 Å². The highest BCUT2D eigenvalue weighted by molar-refractivity contribution is 5.85. The van der Waals surface area contributed by atoms with E-state index in [1.807, 2.05) is 0 Å². The number of nitrogens with zero attached hydrogens (tertiary/aromatic N) is 1. The van der Waals surface area contributed by atoms with E-state index < -0.39 is 18.0 Å². The molecule has 1 aliphatic carbocycles. The van der Waals surface area contributed by atoms with E-state index in [0.717, 1.165) is 12.8 Å². The van der Waals surface area contributed by atoms with E-state index in [2.05, 4.69) is 6.92 Å². The molecule has 7 heteroatoms. The maximum Gasteiger partial charge on any atom is 0.391 e. The van der Waals surface area contributed by atoms with Crippen LogP contribution in [0.5, 0.6) is 0 Å². The number of nitrogens with two attached hydrogens (primary N) is 1. The first-order valence-corrected chi connectivity index (χ1v) is 7.90. The van der Waals surface area contributed by atoms with Crippen molar-refractivity contribution in [2.75, 3.05) is 13.1 Å². The summed E-state index contributed by atoms with van der Waals surface area (Å²) in [7, 11) is 0. The average Bonchev–Trinajstić information content (AvgIpc) is 2.45. The molecule has 1 heterocycles. The van der Waals surface area contributed by atoms with Crippen LogP contribution in [0.3, 0.4) is 0 Å². The number of hydrogen-bond donors (Lipinski definition) is 1. The molecule has 0 bridgehead atoms. The van der Waals surface area contributed by atoms with Gasteiger partial charge in [-0.05, 0) is 38.0 Å². The Kier molecular flexibility index (Phi) is 6.99. The summed E-state index contributed by atoms with van der Waals surface area (Å²) in [6.45, 7) is 3.16. The van der Waals surface area contributed by atoms with Crippen molar-refractivity contribution in [1.29, 1.82) is 0 Å². The molecule has 1 amide bonds. The summed E-state index contributed by atoms with van der Waals surface area (Å²) in [6.07, 6.45) is -1.23. The topological polar surface area (TPSA) is 46.3 Å². The quantitative estimate of drug-likeness (QED) is 0.836. The minimum absolute atomic E-state index is 0. The summed E-state index contributed by atoms with van der Waals surface area (Å²) < 4.78 is 38.6. The van der Waals surface area contributed by atoms with Crippen LogP contribution < -0.4 is 5.73 Å². The van der Waals surface area contributed by atoms with Crippen LogP contribution in [0, 0.1) is 17.8 Å². The molecule has 130 valence electrons. The van der Waals surface area contributed by atoms with Crippen molar-refractivity contribution in [2.24, 2.45) is 23.5 Å². The Bertz CT molecular complexity index is 378. The number of hydrogen-bond acceptors (Lipinski definition) is 2. The molecule has 0 aromatic carbocycles. The van der Waals surface area contributed by atoms with E-state index >= 15 is 0 Å². The van der Waals surface area contributed by atoms with E-state index in [-0.39, 0.29) is 37.2 Å². The second-order valence-corrected chi connectivity index (χ2v) is 6.65. The molecule has 0 aromatic rings. The Labute approximate surface area is 136 Å². The minimum atomic E-state index is -4.18. The van der Waals surface area contributed by atoms with Gasteiger partial charge in [-0.1, -0.05) is 13.3 Å². The number of alkyl halides is 3. The molecule has 4 atom stereocenters. The van der Waals surface area contributed by atoms with Gasteiger partial charge in [0, 0.05) is 25.0 Å². The van der Waals surface area contributed by atoms with Crippen molar-refractivity contribution in [3.8, 4) is 0 Å². The summed E-state index contributed by atoms with van der Waals surface area (Å²) in [5.41, 5.74) is 5.75. The van der Waals surface area contributed by atoms with Gasteiger partial charge in [0.05, 0.1) is 5.92 Å².